The highest BCUT2D eigenvalue weighted by Gasteiger charge is 2.30. The predicted molar refractivity (Wildman–Crippen MR) is 112 cm³/mol. The highest BCUT2D eigenvalue weighted by atomic mass is 32.2. The minimum Gasteiger partial charge on any atom is -0.395 e. The molecule has 1 aliphatic rings. The molecule has 1 aromatic carbocycles. The molecule has 0 saturated carbocycles. The van der Waals surface area contributed by atoms with E-state index in [2.05, 4.69) is 14.9 Å². The van der Waals surface area contributed by atoms with E-state index in [1.807, 2.05) is 12.1 Å². The maximum Gasteiger partial charge on any atom is 0.262 e. The Labute approximate surface area is 174 Å². The van der Waals surface area contributed by atoms with Crippen molar-refractivity contribution in [3.05, 3.63) is 46.9 Å². The molecule has 160 valence electrons. The normalized spacial score (nSPS) is 15.8. The van der Waals surface area contributed by atoms with Crippen molar-refractivity contribution in [3.63, 3.8) is 0 Å². The number of anilines is 1. The summed E-state index contributed by atoms with van der Waals surface area (Å²) in [6.45, 7) is 3.59. The zero-order valence-electron chi connectivity index (χ0n) is 16.9. The predicted octanol–water partition coefficient (Wildman–Crippen LogP) is -0.0584. The maximum absolute atomic E-state index is 12.9. The van der Waals surface area contributed by atoms with Crippen molar-refractivity contribution in [3.8, 4) is 0 Å². The average Bonchev–Trinajstić information content (AvgIpc) is 3.09. The minimum absolute atomic E-state index is 0.0741. The number of imidazole rings is 1. The Morgan fingerprint density at radius 1 is 1.17 bits per heavy atom. The third-order valence-electron chi connectivity index (χ3n) is 5.44. The summed E-state index contributed by atoms with van der Waals surface area (Å²) >= 11 is 0. The van der Waals surface area contributed by atoms with Gasteiger partial charge in [0, 0.05) is 45.1 Å². The van der Waals surface area contributed by atoms with Gasteiger partial charge >= 0.3 is 0 Å². The minimum atomic E-state index is -3.62. The molecule has 4 rings (SSSR count). The van der Waals surface area contributed by atoms with Crippen LogP contribution < -0.4 is 10.5 Å². The summed E-state index contributed by atoms with van der Waals surface area (Å²) in [5.74, 6) is 0.647. The fourth-order valence-electron chi connectivity index (χ4n) is 3.58. The number of fused-ring (bicyclic) bond motifs is 1. The van der Waals surface area contributed by atoms with Crippen LogP contribution in [0, 0.1) is 6.92 Å². The third-order valence-corrected chi connectivity index (χ3v) is 7.21. The highest BCUT2D eigenvalue weighted by Crippen LogP contribution is 2.23. The van der Waals surface area contributed by atoms with Crippen molar-refractivity contribution in [2.45, 2.75) is 18.5 Å². The van der Waals surface area contributed by atoms with Gasteiger partial charge in [-0.25, -0.2) is 18.4 Å². The summed E-state index contributed by atoms with van der Waals surface area (Å²) in [6, 6.07) is 5.42. The Kier molecular flexibility index (Phi) is 5.35. The van der Waals surface area contributed by atoms with Crippen LogP contribution in [0.2, 0.25) is 0 Å². The van der Waals surface area contributed by atoms with Gasteiger partial charge in [0.2, 0.25) is 0 Å². The van der Waals surface area contributed by atoms with Gasteiger partial charge in [-0.15, -0.1) is 0 Å². The van der Waals surface area contributed by atoms with Crippen molar-refractivity contribution < 1.29 is 13.5 Å². The lowest BCUT2D eigenvalue weighted by molar-refractivity contribution is 0.274. The van der Waals surface area contributed by atoms with Gasteiger partial charge in [0.05, 0.1) is 30.4 Å². The van der Waals surface area contributed by atoms with Gasteiger partial charge in [-0.3, -0.25) is 9.36 Å². The zero-order valence-corrected chi connectivity index (χ0v) is 17.7. The number of aromatic nitrogens is 4. The molecule has 0 spiro atoms. The summed E-state index contributed by atoms with van der Waals surface area (Å²) in [5.41, 5.74) is 1.27. The Bertz CT molecular complexity index is 1220. The molecule has 0 atom stereocenters. The molecule has 1 saturated heterocycles. The number of hydrogen-bond acceptors (Lipinski definition) is 7. The molecule has 3 heterocycles. The van der Waals surface area contributed by atoms with Gasteiger partial charge in [0.15, 0.2) is 5.03 Å². The number of aryl methyl sites for hydroxylation is 2. The number of piperazine rings is 1. The molecular weight excluding hydrogens is 408 g/mol. The maximum atomic E-state index is 12.9. The van der Waals surface area contributed by atoms with Gasteiger partial charge in [0.1, 0.15) is 5.82 Å². The van der Waals surface area contributed by atoms with E-state index in [0.29, 0.717) is 42.9 Å². The molecule has 2 aromatic heterocycles. The van der Waals surface area contributed by atoms with Crippen LogP contribution in [0.15, 0.2) is 40.5 Å². The third kappa shape index (κ3) is 3.59. The van der Waals surface area contributed by atoms with E-state index in [4.69, 9.17) is 5.11 Å². The van der Waals surface area contributed by atoms with Crippen molar-refractivity contribution in [2.75, 3.05) is 37.7 Å². The first-order chi connectivity index (χ1) is 14.3. The average molecular weight is 433 g/mol. The van der Waals surface area contributed by atoms with E-state index in [9.17, 15) is 13.2 Å². The van der Waals surface area contributed by atoms with Crippen LogP contribution in [0.4, 0.5) is 5.69 Å². The largest absolute Gasteiger partial charge is 0.395 e. The van der Waals surface area contributed by atoms with Crippen LogP contribution in [0.1, 0.15) is 5.82 Å². The van der Waals surface area contributed by atoms with Gasteiger partial charge in [-0.2, -0.15) is 4.31 Å². The van der Waals surface area contributed by atoms with Crippen LogP contribution in [-0.2, 0) is 23.6 Å². The van der Waals surface area contributed by atoms with Crippen molar-refractivity contribution in [1.82, 2.24) is 23.4 Å². The van der Waals surface area contributed by atoms with E-state index in [0.717, 1.165) is 5.69 Å². The fraction of sp³-hybridized carbons (Fsp3) is 0.421. The Balaban J connectivity index is 1.52. The summed E-state index contributed by atoms with van der Waals surface area (Å²) in [7, 11) is -1.85. The lowest BCUT2D eigenvalue weighted by Crippen LogP contribution is -2.48. The molecule has 1 N–H and O–H groups in total. The smallest absolute Gasteiger partial charge is 0.262 e. The summed E-state index contributed by atoms with van der Waals surface area (Å²) in [6.07, 6.45) is 2.97. The summed E-state index contributed by atoms with van der Waals surface area (Å²) in [4.78, 5) is 23.0. The van der Waals surface area contributed by atoms with Gasteiger partial charge < -0.3 is 14.6 Å². The number of rotatable bonds is 5. The topological polar surface area (TPSA) is 114 Å². The van der Waals surface area contributed by atoms with Crippen LogP contribution in [0.5, 0.6) is 0 Å². The number of nitrogens with zero attached hydrogens (tertiary/aromatic N) is 6. The van der Waals surface area contributed by atoms with E-state index >= 15 is 0 Å². The molecule has 0 radical (unpaired) electrons. The second kappa shape index (κ2) is 7.82. The van der Waals surface area contributed by atoms with Gasteiger partial charge in [0.25, 0.3) is 15.6 Å². The SMILES string of the molecule is Cc1nc(S(=O)(=O)N2CCN(c3ccc4c(=O)n(CCO)cnc4c3)CC2)cn1C. The van der Waals surface area contributed by atoms with Crippen LogP contribution in [-0.4, -0.2) is 69.7 Å². The molecule has 30 heavy (non-hydrogen) atoms. The molecule has 0 unspecified atom stereocenters. The molecule has 0 aliphatic carbocycles. The zero-order chi connectivity index (χ0) is 21.5. The number of aliphatic hydroxyl groups excluding tert-OH is 1. The van der Waals surface area contributed by atoms with E-state index in [-0.39, 0.29) is 23.7 Å². The quantitative estimate of drug-likeness (QED) is 0.601. The lowest BCUT2D eigenvalue weighted by Gasteiger charge is -2.35. The molecule has 3 aromatic rings. The number of hydrogen-bond donors (Lipinski definition) is 1. The van der Waals surface area contributed by atoms with E-state index in [1.54, 1.807) is 24.6 Å². The Morgan fingerprint density at radius 3 is 2.53 bits per heavy atom. The molecule has 0 amide bonds. The monoisotopic (exact) mass is 432 g/mol. The second-order valence-corrected chi connectivity index (χ2v) is 9.18. The summed E-state index contributed by atoms with van der Waals surface area (Å²) in [5, 5.41) is 9.61. The first-order valence-electron chi connectivity index (χ1n) is 9.66. The molecule has 11 heteroatoms. The molecule has 1 aliphatic heterocycles. The summed E-state index contributed by atoms with van der Waals surface area (Å²) < 4.78 is 30.3. The second-order valence-electron chi connectivity index (χ2n) is 7.30. The molecule has 1 fully saturated rings. The van der Waals surface area contributed by atoms with E-state index < -0.39 is 10.0 Å². The van der Waals surface area contributed by atoms with E-state index in [1.165, 1.54) is 21.4 Å². The van der Waals surface area contributed by atoms with Crippen LogP contribution >= 0.6 is 0 Å². The number of aliphatic hydroxyl groups is 1. The van der Waals surface area contributed by atoms with Crippen LogP contribution in [0.25, 0.3) is 10.9 Å². The first-order valence-corrected chi connectivity index (χ1v) is 11.1. The standard InChI is InChI=1S/C19H24N6O4S/c1-14-21-18(12-22(14)2)30(28,29)25-7-5-23(6-8-25)15-3-4-16-17(11-15)20-13-24(9-10-26)19(16)27/h3-4,11-13,26H,5-10H2,1-2H3. The van der Waals surface area contributed by atoms with Gasteiger partial charge in [-0.1, -0.05) is 0 Å². The highest BCUT2D eigenvalue weighted by molar-refractivity contribution is 7.89. The Morgan fingerprint density at radius 2 is 1.90 bits per heavy atom. The van der Waals surface area contributed by atoms with Gasteiger partial charge in [-0.05, 0) is 25.1 Å². The van der Waals surface area contributed by atoms with Crippen molar-refractivity contribution in [2.24, 2.45) is 7.05 Å². The number of benzene rings is 1. The molecule has 0 bridgehead atoms. The lowest BCUT2D eigenvalue weighted by atomic mass is 10.2. The number of sulfonamides is 1. The van der Waals surface area contributed by atoms with Crippen molar-refractivity contribution >= 4 is 26.6 Å². The first kappa shape index (κ1) is 20.5. The molecular formula is C19H24N6O4S. The molecule has 10 nitrogen and oxygen atoms in total. The Hall–Kier alpha value is -2.76. The fourth-order valence-corrected chi connectivity index (χ4v) is 5.03. The van der Waals surface area contributed by atoms with Crippen molar-refractivity contribution in [1.29, 1.82) is 0 Å². The van der Waals surface area contributed by atoms with Crippen LogP contribution in [0.3, 0.4) is 0 Å².